The monoisotopic (exact) mass is 312 g/mol. The minimum Gasteiger partial charge on any atom is -0.595 e. The molecule has 0 aliphatic carbocycles. The highest BCUT2D eigenvalue weighted by Gasteiger charge is 2.13. The molecule has 2 heterocycles. The van der Waals surface area contributed by atoms with Crippen LogP contribution in [0.5, 0.6) is 5.75 Å². The van der Waals surface area contributed by atoms with E-state index in [0.29, 0.717) is 12.4 Å². The zero-order chi connectivity index (χ0) is 16.4. The zero-order valence-corrected chi connectivity index (χ0v) is 13.2. The highest BCUT2D eigenvalue weighted by atomic mass is 16.8. The largest absolute Gasteiger partial charge is 0.595 e. The Labute approximate surface area is 134 Å². The molecule has 1 atom stereocenters. The number of quaternary nitrogens is 1. The van der Waals surface area contributed by atoms with Gasteiger partial charge in [-0.1, -0.05) is 19.1 Å². The molecule has 1 unspecified atom stereocenters. The molecule has 0 aliphatic heterocycles. The number of benzene rings is 1. The van der Waals surface area contributed by atoms with Gasteiger partial charge in [0.2, 0.25) is 5.69 Å². The van der Waals surface area contributed by atoms with Gasteiger partial charge in [0.1, 0.15) is 0 Å². The van der Waals surface area contributed by atoms with Crippen molar-refractivity contribution in [1.29, 1.82) is 0 Å². The lowest BCUT2D eigenvalue weighted by molar-refractivity contribution is -0.991. The van der Waals surface area contributed by atoms with Gasteiger partial charge in [-0.2, -0.15) is 5.23 Å². The van der Waals surface area contributed by atoms with Gasteiger partial charge in [-0.05, 0) is 42.7 Å². The van der Waals surface area contributed by atoms with Gasteiger partial charge in [0.05, 0.1) is 6.61 Å². The molecular weight excluding hydrogens is 292 g/mol. The van der Waals surface area contributed by atoms with E-state index in [2.05, 4.69) is 35.7 Å². The van der Waals surface area contributed by atoms with E-state index in [1.54, 1.807) is 12.1 Å². The summed E-state index contributed by atoms with van der Waals surface area (Å²) in [6.07, 6.45) is 5.11. The molecule has 2 aromatic heterocycles. The summed E-state index contributed by atoms with van der Waals surface area (Å²) < 4.78 is 7.47. The van der Waals surface area contributed by atoms with Gasteiger partial charge in [0.25, 0.3) is 0 Å². The molecule has 3 aromatic rings. The van der Waals surface area contributed by atoms with Crippen LogP contribution in [0.1, 0.15) is 19.4 Å². The van der Waals surface area contributed by atoms with Gasteiger partial charge >= 0.3 is 0 Å². The molecule has 2 N–H and O–H groups in total. The number of rotatable bonds is 5. The maximum absolute atomic E-state index is 11.5. The van der Waals surface area contributed by atoms with E-state index in [1.165, 1.54) is 5.56 Å². The first-order chi connectivity index (χ1) is 11.1. The highest BCUT2D eigenvalue weighted by molar-refractivity contribution is 5.73. The van der Waals surface area contributed by atoms with E-state index in [0.717, 1.165) is 23.1 Å². The van der Waals surface area contributed by atoms with Crippen molar-refractivity contribution in [3.63, 3.8) is 0 Å². The van der Waals surface area contributed by atoms with Gasteiger partial charge in [-0.15, -0.1) is 0 Å². The lowest BCUT2D eigenvalue weighted by Gasteiger charge is -2.16. The SMILES string of the molecule is CCOc1ccc(-c2cc3ccc(CC)cn3c2)cc1[NH+]([O-])O. The van der Waals surface area contributed by atoms with E-state index in [9.17, 15) is 10.4 Å². The highest BCUT2D eigenvalue weighted by Crippen LogP contribution is 2.30. The van der Waals surface area contributed by atoms with Crippen molar-refractivity contribution in [3.8, 4) is 16.9 Å². The predicted molar refractivity (Wildman–Crippen MR) is 89.2 cm³/mol. The predicted octanol–water partition coefficient (Wildman–Crippen LogP) is 2.97. The summed E-state index contributed by atoms with van der Waals surface area (Å²) in [5.74, 6) is 0.404. The summed E-state index contributed by atoms with van der Waals surface area (Å²) in [5, 5.41) is 19.9. The fourth-order valence-corrected chi connectivity index (χ4v) is 2.68. The lowest BCUT2D eigenvalue weighted by atomic mass is 10.1. The van der Waals surface area contributed by atoms with Crippen LogP contribution in [-0.2, 0) is 6.42 Å². The topological polar surface area (TPSA) is 61.4 Å². The normalized spacial score (nSPS) is 12.5. The second kappa shape index (κ2) is 6.42. The summed E-state index contributed by atoms with van der Waals surface area (Å²) in [4.78, 5) is 0. The molecule has 0 amide bonds. The van der Waals surface area contributed by atoms with Crippen LogP contribution >= 0.6 is 0 Å². The Balaban J connectivity index is 2.05. The van der Waals surface area contributed by atoms with Gasteiger partial charge < -0.3 is 14.3 Å². The van der Waals surface area contributed by atoms with Crippen LogP contribution in [0.4, 0.5) is 5.69 Å². The molecular formula is C18H20N2O3. The summed E-state index contributed by atoms with van der Waals surface area (Å²) in [6.45, 7) is 4.40. The van der Waals surface area contributed by atoms with Gasteiger partial charge in [0, 0.05) is 29.5 Å². The van der Waals surface area contributed by atoms with Crippen LogP contribution in [0.25, 0.3) is 16.6 Å². The Bertz CT molecular complexity index is 824. The molecule has 23 heavy (non-hydrogen) atoms. The third-order valence-corrected chi connectivity index (χ3v) is 3.90. The smallest absolute Gasteiger partial charge is 0.206 e. The molecule has 1 aromatic carbocycles. The number of hydrogen-bond acceptors (Lipinski definition) is 3. The molecule has 120 valence electrons. The molecule has 0 saturated carbocycles. The fraction of sp³-hybridized carbons (Fsp3) is 0.222. The van der Waals surface area contributed by atoms with Crippen LogP contribution in [0.2, 0.25) is 0 Å². The van der Waals surface area contributed by atoms with Crippen molar-refractivity contribution in [2.45, 2.75) is 20.3 Å². The number of aromatic nitrogens is 1. The maximum Gasteiger partial charge on any atom is 0.206 e. The first kappa shape index (κ1) is 15.6. The van der Waals surface area contributed by atoms with Crippen LogP contribution in [0, 0.1) is 5.21 Å². The average Bonchev–Trinajstić information content (AvgIpc) is 2.98. The van der Waals surface area contributed by atoms with Crippen LogP contribution in [-0.4, -0.2) is 16.2 Å². The molecule has 0 spiro atoms. The minimum absolute atomic E-state index is 0.189. The van der Waals surface area contributed by atoms with Crippen LogP contribution < -0.4 is 9.96 Å². The molecule has 5 nitrogen and oxygen atoms in total. The number of nitrogens with zero attached hydrogens (tertiary/aromatic N) is 1. The third kappa shape index (κ3) is 3.07. The first-order valence-corrected chi connectivity index (χ1v) is 7.73. The molecule has 0 fully saturated rings. The van der Waals surface area contributed by atoms with E-state index in [4.69, 9.17) is 4.74 Å². The Morgan fingerprint density at radius 2 is 1.91 bits per heavy atom. The van der Waals surface area contributed by atoms with E-state index < -0.39 is 5.23 Å². The second-order valence-corrected chi connectivity index (χ2v) is 5.40. The molecule has 0 aliphatic rings. The molecule has 3 rings (SSSR count). The van der Waals surface area contributed by atoms with Crippen molar-refractivity contribution in [2.24, 2.45) is 0 Å². The number of hydrogen-bond donors (Lipinski definition) is 2. The Morgan fingerprint density at radius 1 is 1.09 bits per heavy atom. The van der Waals surface area contributed by atoms with Gasteiger partial charge in [0.15, 0.2) is 5.75 Å². The summed E-state index contributed by atoms with van der Waals surface area (Å²) in [5.41, 5.74) is 4.39. The quantitative estimate of drug-likeness (QED) is 0.712. The van der Waals surface area contributed by atoms with Crippen molar-refractivity contribution >= 4 is 11.2 Å². The number of nitrogens with one attached hydrogen (secondary N) is 1. The van der Waals surface area contributed by atoms with Crippen molar-refractivity contribution in [2.75, 3.05) is 6.61 Å². The molecule has 0 bridgehead atoms. The standard InChI is InChI=1S/C18H20N2O3/c1-3-13-5-7-16-9-15(12-19(16)11-13)14-6-8-18(23-4-2)17(10-14)20(21)22/h5-12,20-21H,3-4H2,1-2H3. The van der Waals surface area contributed by atoms with Crippen LogP contribution in [0.15, 0.2) is 48.8 Å². The zero-order valence-electron chi connectivity index (χ0n) is 13.2. The summed E-state index contributed by atoms with van der Waals surface area (Å²) in [7, 11) is 0. The van der Waals surface area contributed by atoms with Crippen molar-refractivity contribution < 1.29 is 15.2 Å². The van der Waals surface area contributed by atoms with E-state index in [1.807, 2.05) is 19.2 Å². The van der Waals surface area contributed by atoms with Crippen molar-refractivity contribution in [3.05, 3.63) is 59.6 Å². The van der Waals surface area contributed by atoms with E-state index >= 15 is 0 Å². The Morgan fingerprint density at radius 3 is 2.61 bits per heavy atom. The van der Waals surface area contributed by atoms with Crippen molar-refractivity contribution in [1.82, 2.24) is 4.40 Å². The number of fused-ring (bicyclic) bond motifs is 1. The molecule has 5 heteroatoms. The fourth-order valence-electron chi connectivity index (χ4n) is 2.68. The first-order valence-electron chi connectivity index (χ1n) is 7.73. The molecule has 0 saturated heterocycles. The number of pyridine rings is 1. The maximum atomic E-state index is 11.5. The number of aryl methyl sites for hydroxylation is 1. The van der Waals surface area contributed by atoms with Crippen LogP contribution in [0.3, 0.4) is 0 Å². The number of ether oxygens (including phenoxy) is 1. The van der Waals surface area contributed by atoms with Gasteiger partial charge in [-0.3, -0.25) is 0 Å². The Hall–Kier alpha value is -2.34. The molecule has 0 radical (unpaired) electrons. The van der Waals surface area contributed by atoms with Gasteiger partial charge in [-0.25, -0.2) is 5.21 Å². The summed E-state index contributed by atoms with van der Waals surface area (Å²) in [6, 6.07) is 11.5. The minimum atomic E-state index is -0.979. The second-order valence-electron chi connectivity index (χ2n) is 5.40. The average molecular weight is 312 g/mol. The summed E-state index contributed by atoms with van der Waals surface area (Å²) >= 11 is 0. The van der Waals surface area contributed by atoms with E-state index in [-0.39, 0.29) is 5.69 Å². The lowest BCUT2D eigenvalue weighted by Crippen LogP contribution is -2.99. The third-order valence-electron chi connectivity index (χ3n) is 3.90. The Kier molecular flexibility index (Phi) is 4.34.